The maximum atomic E-state index is 13.0. The summed E-state index contributed by atoms with van der Waals surface area (Å²) >= 11 is 0. The van der Waals surface area contributed by atoms with Gasteiger partial charge in [-0.25, -0.2) is 4.39 Å². The molecule has 0 spiro atoms. The topological polar surface area (TPSA) is 80.6 Å². The minimum absolute atomic E-state index is 0.0668. The molecule has 0 saturated carbocycles. The van der Waals surface area contributed by atoms with Crippen molar-refractivity contribution in [3.05, 3.63) is 89.2 Å². The summed E-state index contributed by atoms with van der Waals surface area (Å²) in [6.45, 7) is 0.236. The average molecular weight is 432 g/mol. The lowest BCUT2D eigenvalue weighted by Crippen LogP contribution is -2.13. The number of amides is 1. The third-order valence-electron chi connectivity index (χ3n) is 4.52. The smallest absolute Gasteiger partial charge is 0.266 e. The maximum Gasteiger partial charge on any atom is 0.266 e. The van der Waals surface area contributed by atoms with E-state index < -0.39 is 5.91 Å². The number of nitriles is 1. The Hall–Kier alpha value is -4.31. The molecule has 3 aromatic carbocycles. The van der Waals surface area contributed by atoms with Gasteiger partial charge in [0, 0.05) is 5.69 Å². The minimum Gasteiger partial charge on any atom is -0.497 e. The third kappa shape index (κ3) is 5.86. The lowest BCUT2D eigenvalue weighted by molar-refractivity contribution is -0.112. The van der Waals surface area contributed by atoms with E-state index >= 15 is 0 Å². The number of nitrogens with zero attached hydrogens (tertiary/aromatic N) is 1. The number of rotatable bonds is 8. The number of methoxy groups -OCH3 is 2. The molecule has 1 amide bonds. The van der Waals surface area contributed by atoms with Crippen molar-refractivity contribution < 1.29 is 23.4 Å². The Bertz CT molecular complexity index is 1150. The van der Waals surface area contributed by atoms with Crippen molar-refractivity contribution in [3.63, 3.8) is 0 Å². The fraction of sp³-hybridized carbons (Fsp3) is 0.120. The van der Waals surface area contributed by atoms with Gasteiger partial charge < -0.3 is 19.5 Å². The highest BCUT2D eigenvalue weighted by atomic mass is 19.1. The largest absolute Gasteiger partial charge is 0.497 e. The van der Waals surface area contributed by atoms with Crippen molar-refractivity contribution in [2.75, 3.05) is 19.5 Å². The van der Waals surface area contributed by atoms with Crippen LogP contribution in [0.15, 0.2) is 72.3 Å². The first-order valence-corrected chi connectivity index (χ1v) is 9.65. The van der Waals surface area contributed by atoms with E-state index in [1.807, 2.05) is 6.07 Å². The Morgan fingerprint density at radius 2 is 1.72 bits per heavy atom. The van der Waals surface area contributed by atoms with Crippen molar-refractivity contribution in [3.8, 4) is 23.3 Å². The number of benzene rings is 3. The van der Waals surface area contributed by atoms with Crippen molar-refractivity contribution >= 4 is 17.7 Å². The van der Waals surface area contributed by atoms with Crippen molar-refractivity contribution in [2.24, 2.45) is 0 Å². The van der Waals surface area contributed by atoms with Gasteiger partial charge in [0.2, 0.25) is 0 Å². The summed E-state index contributed by atoms with van der Waals surface area (Å²) in [5.74, 6) is 0.733. The predicted molar refractivity (Wildman–Crippen MR) is 119 cm³/mol. The lowest BCUT2D eigenvalue weighted by atomic mass is 10.1. The summed E-state index contributed by atoms with van der Waals surface area (Å²) in [7, 11) is 3.05. The van der Waals surface area contributed by atoms with E-state index in [1.165, 1.54) is 25.3 Å². The standard InChI is InChI=1S/C25H21FN2O4/c1-30-22-10-8-21(9-11-22)28-25(29)19(15-27)13-18-5-12-23(24(14-18)31-2)32-16-17-3-6-20(26)7-4-17/h3-14H,16H2,1-2H3,(H,28,29)/b19-13-. The fourth-order valence-corrected chi connectivity index (χ4v) is 2.82. The Morgan fingerprint density at radius 3 is 2.34 bits per heavy atom. The van der Waals surface area contributed by atoms with Crippen LogP contribution in [-0.4, -0.2) is 20.1 Å². The van der Waals surface area contributed by atoms with Gasteiger partial charge in [0.05, 0.1) is 14.2 Å². The molecule has 6 nitrogen and oxygen atoms in total. The SMILES string of the molecule is COc1ccc(NC(=O)/C(C#N)=C\c2ccc(OCc3ccc(F)cc3)c(OC)c2)cc1. The minimum atomic E-state index is -0.534. The summed E-state index contributed by atoms with van der Waals surface area (Å²) < 4.78 is 29.3. The number of carbonyl (C=O) groups excluding carboxylic acids is 1. The van der Waals surface area contributed by atoms with Gasteiger partial charge in [-0.2, -0.15) is 5.26 Å². The van der Waals surface area contributed by atoms with Gasteiger partial charge in [-0.3, -0.25) is 4.79 Å². The van der Waals surface area contributed by atoms with Gasteiger partial charge >= 0.3 is 0 Å². The van der Waals surface area contributed by atoms with Gasteiger partial charge in [0.25, 0.3) is 5.91 Å². The molecule has 3 rings (SSSR count). The highest BCUT2D eigenvalue weighted by molar-refractivity contribution is 6.09. The molecule has 3 aromatic rings. The zero-order valence-electron chi connectivity index (χ0n) is 17.6. The lowest BCUT2D eigenvalue weighted by Gasteiger charge is -2.12. The zero-order valence-corrected chi connectivity index (χ0v) is 17.6. The van der Waals surface area contributed by atoms with Crippen LogP contribution in [0.4, 0.5) is 10.1 Å². The Labute approximate surface area is 185 Å². The predicted octanol–water partition coefficient (Wildman–Crippen LogP) is 4.97. The molecule has 0 radical (unpaired) electrons. The third-order valence-corrected chi connectivity index (χ3v) is 4.52. The molecule has 0 aliphatic rings. The number of halogens is 1. The summed E-state index contributed by atoms with van der Waals surface area (Å²) in [5.41, 5.74) is 1.87. The number of ether oxygens (including phenoxy) is 3. The molecule has 0 fully saturated rings. The van der Waals surface area contributed by atoms with Crippen molar-refractivity contribution in [1.29, 1.82) is 5.26 Å². The number of hydrogen-bond donors (Lipinski definition) is 1. The average Bonchev–Trinajstić information content (AvgIpc) is 2.82. The van der Waals surface area contributed by atoms with Gasteiger partial charge in [-0.05, 0) is 65.7 Å². The molecule has 0 heterocycles. The molecule has 0 unspecified atom stereocenters. The van der Waals surface area contributed by atoms with Crippen LogP contribution in [-0.2, 0) is 11.4 Å². The molecule has 0 bridgehead atoms. The monoisotopic (exact) mass is 432 g/mol. The molecule has 32 heavy (non-hydrogen) atoms. The van der Waals surface area contributed by atoms with Gasteiger partial charge in [-0.1, -0.05) is 18.2 Å². The van der Waals surface area contributed by atoms with Crippen LogP contribution in [0.2, 0.25) is 0 Å². The maximum absolute atomic E-state index is 13.0. The Kier molecular flexibility index (Phi) is 7.44. The highest BCUT2D eigenvalue weighted by Gasteiger charge is 2.12. The molecular weight excluding hydrogens is 411 g/mol. The summed E-state index contributed by atoms with van der Waals surface area (Å²) in [4.78, 5) is 12.5. The number of carbonyl (C=O) groups is 1. The second kappa shape index (κ2) is 10.6. The van der Waals surface area contributed by atoms with Crippen LogP contribution in [0.25, 0.3) is 6.08 Å². The van der Waals surface area contributed by atoms with Crippen LogP contribution in [0.1, 0.15) is 11.1 Å². The van der Waals surface area contributed by atoms with Crippen LogP contribution >= 0.6 is 0 Å². The molecule has 0 aromatic heterocycles. The van der Waals surface area contributed by atoms with E-state index in [1.54, 1.807) is 61.7 Å². The van der Waals surface area contributed by atoms with Crippen LogP contribution in [0.3, 0.4) is 0 Å². The fourth-order valence-electron chi connectivity index (χ4n) is 2.82. The van der Waals surface area contributed by atoms with Crippen LogP contribution in [0.5, 0.6) is 17.2 Å². The van der Waals surface area contributed by atoms with E-state index in [4.69, 9.17) is 14.2 Å². The molecule has 7 heteroatoms. The molecule has 1 N–H and O–H groups in total. The normalized spacial score (nSPS) is 10.8. The second-order valence-corrected chi connectivity index (χ2v) is 6.68. The van der Waals surface area contributed by atoms with Crippen LogP contribution < -0.4 is 19.5 Å². The molecule has 0 saturated heterocycles. The Morgan fingerprint density at radius 1 is 1.00 bits per heavy atom. The quantitative estimate of drug-likeness (QED) is 0.402. The second-order valence-electron chi connectivity index (χ2n) is 6.68. The van der Waals surface area contributed by atoms with Gasteiger partial charge in [0.1, 0.15) is 29.8 Å². The van der Waals surface area contributed by atoms with E-state index in [-0.39, 0.29) is 18.0 Å². The van der Waals surface area contributed by atoms with Crippen molar-refractivity contribution in [2.45, 2.75) is 6.61 Å². The molecule has 0 atom stereocenters. The Balaban J connectivity index is 1.72. The van der Waals surface area contributed by atoms with E-state index in [9.17, 15) is 14.4 Å². The van der Waals surface area contributed by atoms with Crippen molar-refractivity contribution in [1.82, 2.24) is 0 Å². The van der Waals surface area contributed by atoms with Gasteiger partial charge in [0.15, 0.2) is 11.5 Å². The molecular formula is C25H21FN2O4. The summed E-state index contributed by atoms with van der Waals surface area (Å²) in [6.07, 6.45) is 1.46. The van der Waals surface area contributed by atoms with E-state index in [0.717, 1.165) is 5.56 Å². The number of nitrogens with one attached hydrogen (secondary N) is 1. The number of anilines is 1. The summed E-state index contributed by atoms with van der Waals surface area (Å²) in [5, 5.41) is 12.1. The van der Waals surface area contributed by atoms with E-state index in [2.05, 4.69) is 5.32 Å². The first-order chi connectivity index (χ1) is 15.5. The highest BCUT2D eigenvalue weighted by Crippen LogP contribution is 2.30. The van der Waals surface area contributed by atoms with Gasteiger partial charge in [-0.15, -0.1) is 0 Å². The van der Waals surface area contributed by atoms with E-state index in [0.29, 0.717) is 28.5 Å². The van der Waals surface area contributed by atoms with Crippen LogP contribution in [0, 0.1) is 17.1 Å². The molecule has 162 valence electrons. The molecule has 0 aliphatic carbocycles. The molecule has 0 aliphatic heterocycles. The first-order valence-electron chi connectivity index (χ1n) is 9.65. The summed E-state index contributed by atoms with van der Waals surface area (Å²) in [6, 6.07) is 19.8. The zero-order chi connectivity index (χ0) is 22.9. The number of hydrogen-bond acceptors (Lipinski definition) is 5. The first kappa shape index (κ1) is 22.4.